The SMILES string of the molecule is Fc1cnc2nc(-c3ccccc3)[nH]c2c1. The maximum atomic E-state index is 12.9. The molecule has 2 heterocycles. The molecule has 3 nitrogen and oxygen atoms in total. The van der Waals surface area contributed by atoms with Crippen molar-refractivity contribution < 1.29 is 4.39 Å². The van der Waals surface area contributed by atoms with Gasteiger partial charge in [-0.2, -0.15) is 0 Å². The van der Waals surface area contributed by atoms with Gasteiger partial charge in [-0.15, -0.1) is 0 Å². The number of nitrogens with one attached hydrogen (secondary N) is 1. The Morgan fingerprint density at radius 1 is 1.12 bits per heavy atom. The Bertz CT molecular complexity index is 631. The lowest BCUT2D eigenvalue weighted by molar-refractivity contribution is 0.624. The summed E-state index contributed by atoms with van der Waals surface area (Å²) in [7, 11) is 0. The summed E-state index contributed by atoms with van der Waals surface area (Å²) in [6, 6.07) is 11.1. The van der Waals surface area contributed by atoms with Crippen LogP contribution in [-0.2, 0) is 0 Å². The average Bonchev–Trinajstić information content (AvgIpc) is 2.73. The van der Waals surface area contributed by atoms with E-state index < -0.39 is 0 Å². The maximum Gasteiger partial charge on any atom is 0.178 e. The van der Waals surface area contributed by atoms with Gasteiger partial charge in [0.25, 0.3) is 0 Å². The highest BCUT2D eigenvalue weighted by Crippen LogP contribution is 2.18. The molecule has 0 aliphatic rings. The van der Waals surface area contributed by atoms with Gasteiger partial charge in [-0.1, -0.05) is 30.3 Å². The predicted octanol–water partition coefficient (Wildman–Crippen LogP) is 2.76. The van der Waals surface area contributed by atoms with Crippen LogP contribution < -0.4 is 0 Å². The van der Waals surface area contributed by atoms with Crippen LogP contribution in [0.25, 0.3) is 22.6 Å². The molecule has 3 rings (SSSR count). The van der Waals surface area contributed by atoms with Crippen LogP contribution >= 0.6 is 0 Å². The molecule has 0 atom stereocenters. The Labute approximate surface area is 91.0 Å². The van der Waals surface area contributed by atoms with E-state index in [1.807, 2.05) is 30.3 Å². The summed E-state index contributed by atoms with van der Waals surface area (Å²) in [4.78, 5) is 11.2. The van der Waals surface area contributed by atoms with E-state index >= 15 is 0 Å². The van der Waals surface area contributed by atoms with Gasteiger partial charge in [0.15, 0.2) is 5.65 Å². The molecule has 0 bridgehead atoms. The van der Waals surface area contributed by atoms with Gasteiger partial charge < -0.3 is 4.98 Å². The molecular weight excluding hydrogens is 205 g/mol. The molecule has 1 aromatic carbocycles. The van der Waals surface area contributed by atoms with Crippen molar-refractivity contribution in [2.24, 2.45) is 0 Å². The minimum Gasteiger partial charge on any atom is -0.336 e. The number of aromatic nitrogens is 3. The number of pyridine rings is 1. The zero-order valence-electron chi connectivity index (χ0n) is 8.31. The third-order valence-electron chi connectivity index (χ3n) is 2.35. The first kappa shape index (κ1) is 9.03. The van der Waals surface area contributed by atoms with Crippen LogP contribution in [0.1, 0.15) is 0 Å². The van der Waals surface area contributed by atoms with Crippen LogP contribution in [0.15, 0.2) is 42.6 Å². The third-order valence-corrected chi connectivity index (χ3v) is 2.35. The molecular formula is C12H8FN3. The molecule has 4 heteroatoms. The second kappa shape index (κ2) is 3.41. The summed E-state index contributed by atoms with van der Waals surface area (Å²) in [5.74, 6) is 0.337. The van der Waals surface area contributed by atoms with E-state index in [-0.39, 0.29) is 5.82 Å². The van der Waals surface area contributed by atoms with Crippen LogP contribution in [-0.4, -0.2) is 15.0 Å². The third kappa shape index (κ3) is 1.44. The van der Waals surface area contributed by atoms with Crippen LogP contribution in [0.4, 0.5) is 4.39 Å². The molecule has 0 amide bonds. The molecule has 3 aromatic rings. The first-order valence-corrected chi connectivity index (χ1v) is 4.89. The highest BCUT2D eigenvalue weighted by molar-refractivity contribution is 5.75. The average molecular weight is 213 g/mol. The zero-order chi connectivity index (χ0) is 11.0. The van der Waals surface area contributed by atoms with Gasteiger partial charge >= 0.3 is 0 Å². The number of benzene rings is 1. The van der Waals surface area contributed by atoms with Gasteiger partial charge in [0, 0.05) is 11.6 Å². The van der Waals surface area contributed by atoms with Gasteiger partial charge in [-0.3, -0.25) is 0 Å². The summed E-state index contributed by atoms with van der Waals surface area (Å²) < 4.78 is 12.9. The van der Waals surface area contributed by atoms with Crippen molar-refractivity contribution in [2.75, 3.05) is 0 Å². The van der Waals surface area contributed by atoms with Crippen LogP contribution in [0.2, 0.25) is 0 Å². The smallest absolute Gasteiger partial charge is 0.178 e. The normalized spacial score (nSPS) is 10.8. The lowest BCUT2D eigenvalue weighted by atomic mass is 10.2. The largest absolute Gasteiger partial charge is 0.336 e. The van der Waals surface area contributed by atoms with Crippen molar-refractivity contribution >= 4 is 11.2 Å². The fourth-order valence-electron chi connectivity index (χ4n) is 1.61. The summed E-state index contributed by atoms with van der Waals surface area (Å²) in [6.45, 7) is 0. The zero-order valence-corrected chi connectivity index (χ0v) is 8.31. The molecule has 2 aromatic heterocycles. The second-order valence-electron chi connectivity index (χ2n) is 3.48. The first-order chi connectivity index (χ1) is 7.83. The Morgan fingerprint density at radius 2 is 1.94 bits per heavy atom. The van der Waals surface area contributed by atoms with E-state index in [0.717, 1.165) is 11.8 Å². The van der Waals surface area contributed by atoms with Gasteiger partial charge in [-0.25, -0.2) is 14.4 Å². The van der Waals surface area contributed by atoms with Gasteiger partial charge in [0.1, 0.15) is 11.6 Å². The van der Waals surface area contributed by atoms with E-state index in [9.17, 15) is 4.39 Å². The fourth-order valence-corrected chi connectivity index (χ4v) is 1.61. The lowest BCUT2D eigenvalue weighted by Gasteiger charge is -1.93. The molecule has 0 radical (unpaired) electrons. The molecule has 1 N–H and O–H groups in total. The Morgan fingerprint density at radius 3 is 2.75 bits per heavy atom. The Balaban J connectivity index is 2.19. The molecule has 78 valence electrons. The van der Waals surface area contributed by atoms with Gasteiger partial charge in [-0.05, 0) is 0 Å². The minimum atomic E-state index is -0.365. The van der Waals surface area contributed by atoms with Crippen LogP contribution in [0.3, 0.4) is 0 Å². The number of halogens is 1. The molecule has 0 saturated heterocycles. The Kier molecular flexibility index (Phi) is 1.93. The molecule has 0 aliphatic carbocycles. The second-order valence-corrected chi connectivity index (χ2v) is 3.48. The number of hydrogen-bond donors (Lipinski definition) is 1. The molecule has 0 unspecified atom stereocenters. The van der Waals surface area contributed by atoms with Crippen molar-refractivity contribution in [3.8, 4) is 11.4 Å². The quantitative estimate of drug-likeness (QED) is 0.675. The fraction of sp³-hybridized carbons (Fsp3) is 0. The highest BCUT2D eigenvalue weighted by Gasteiger charge is 2.06. The van der Waals surface area contributed by atoms with Crippen molar-refractivity contribution in [2.45, 2.75) is 0 Å². The topological polar surface area (TPSA) is 41.6 Å². The van der Waals surface area contributed by atoms with Crippen molar-refractivity contribution in [1.29, 1.82) is 0 Å². The summed E-state index contributed by atoms with van der Waals surface area (Å²) in [5.41, 5.74) is 2.10. The number of nitrogens with zero attached hydrogens (tertiary/aromatic N) is 2. The first-order valence-electron chi connectivity index (χ1n) is 4.89. The lowest BCUT2D eigenvalue weighted by Crippen LogP contribution is -1.79. The maximum absolute atomic E-state index is 12.9. The summed E-state index contributed by atoms with van der Waals surface area (Å²) in [5, 5.41) is 0. The summed E-state index contributed by atoms with van der Waals surface area (Å²) in [6.07, 6.45) is 1.16. The van der Waals surface area contributed by atoms with E-state index in [2.05, 4.69) is 15.0 Å². The Hall–Kier alpha value is -2.23. The highest BCUT2D eigenvalue weighted by atomic mass is 19.1. The van der Waals surface area contributed by atoms with Crippen molar-refractivity contribution in [1.82, 2.24) is 15.0 Å². The molecule has 0 fully saturated rings. The molecule has 16 heavy (non-hydrogen) atoms. The predicted molar refractivity (Wildman–Crippen MR) is 59.3 cm³/mol. The number of H-pyrrole nitrogens is 1. The minimum absolute atomic E-state index is 0.365. The number of rotatable bonds is 1. The van der Waals surface area contributed by atoms with E-state index in [0.29, 0.717) is 17.0 Å². The molecule has 0 spiro atoms. The molecule has 0 saturated carbocycles. The molecule has 0 aliphatic heterocycles. The number of imidazole rings is 1. The summed E-state index contributed by atoms with van der Waals surface area (Å²) >= 11 is 0. The number of hydrogen-bond acceptors (Lipinski definition) is 2. The van der Waals surface area contributed by atoms with Crippen LogP contribution in [0.5, 0.6) is 0 Å². The standard InChI is InChI=1S/C12H8FN3/c13-9-6-10-12(14-7-9)16-11(15-10)8-4-2-1-3-5-8/h1-7H,(H,14,15,16). The van der Waals surface area contributed by atoms with E-state index in [4.69, 9.17) is 0 Å². The number of aromatic amines is 1. The van der Waals surface area contributed by atoms with Crippen LogP contribution in [0, 0.1) is 5.82 Å². The van der Waals surface area contributed by atoms with Crippen molar-refractivity contribution in [3.63, 3.8) is 0 Å². The monoisotopic (exact) mass is 213 g/mol. The number of fused-ring (bicyclic) bond motifs is 1. The van der Waals surface area contributed by atoms with Gasteiger partial charge in [0.2, 0.25) is 0 Å². The van der Waals surface area contributed by atoms with E-state index in [1.165, 1.54) is 6.07 Å². The van der Waals surface area contributed by atoms with E-state index in [1.54, 1.807) is 0 Å². The van der Waals surface area contributed by atoms with Gasteiger partial charge in [0.05, 0.1) is 11.7 Å². The van der Waals surface area contributed by atoms with Crippen molar-refractivity contribution in [3.05, 3.63) is 48.4 Å².